The van der Waals surface area contributed by atoms with Gasteiger partial charge in [-0.2, -0.15) is 0 Å². The van der Waals surface area contributed by atoms with E-state index in [0.29, 0.717) is 18.7 Å². The van der Waals surface area contributed by atoms with E-state index in [1.165, 1.54) is 185 Å². The van der Waals surface area contributed by atoms with Gasteiger partial charge in [-0.3, -0.25) is 4.79 Å². The average Bonchev–Trinajstić information content (AvgIpc) is 3.10. The van der Waals surface area contributed by atoms with E-state index in [4.69, 9.17) is 21.1 Å². The first-order chi connectivity index (χ1) is 23.7. The van der Waals surface area contributed by atoms with Crippen molar-refractivity contribution in [2.75, 3.05) is 12.5 Å². The Morgan fingerprint density at radius 2 is 0.958 bits per heavy atom. The molecule has 0 bridgehead atoms. The van der Waals surface area contributed by atoms with E-state index in [9.17, 15) is 4.79 Å². The maximum Gasteiger partial charge on any atom is 0.306 e. The summed E-state index contributed by atoms with van der Waals surface area (Å²) in [6.45, 7) is 5.58. The molecule has 0 aliphatic carbocycles. The summed E-state index contributed by atoms with van der Waals surface area (Å²) in [5, 5.41) is 0. The van der Waals surface area contributed by atoms with Crippen LogP contribution in [0.2, 0.25) is 0 Å². The van der Waals surface area contributed by atoms with Gasteiger partial charge in [-0.25, -0.2) is 0 Å². The fourth-order valence-electron chi connectivity index (χ4n) is 6.63. The summed E-state index contributed by atoms with van der Waals surface area (Å²) in [6, 6.07) is 6.51. The topological polar surface area (TPSA) is 35.5 Å². The van der Waals surface area contributed by atoms with Gasteiger partial charge >= 0.3 is 5.97 Å². The minimum absolute atomic E-state index is 0.185. The van der Waals surface area contributed by atoms with Crippen LogP contribution in [0, 0.1) is 0 Å². The highest BCUT2D eigenvalue weighted by Crippen LogP contribution is 2.24. The highest BCUT2D eigenvalue weighted by atomic mass is 35.5. The van der Waals surface area contributed by atoms with Crippen molar-refractivity contribution in [1.29, 1.82) is 0 Å². The van der Waals surface area contributed by atoms with Crippen molar-refractivity contribution in [3.05, 3.63) is 29.3 Å². The third-order valence-corrected chi connectivity index (χ3v) is 10.1. The number of unbranched alkanes of at least 4 members (excludes halogenated alkanes) is 27. The number of benzene rings is 1. The Morgan fingerprint density at radius 1 is 0.542 bits per heavy atom. The lowest BCUT2D eigenvalue weighted by atomic mass is 10.0. The fourth-order valence-corrected chi connectivity index (χ4v) is 6.76. The van der Waals surface area contributed by atoms with Crippen molar-refractivity contribution in [3.63, 3.8) is 0 Å². The Bertz CT molecular complexity index is 825. The minimum atomic E-state index is -0.185. The number of ether oxygens (including phenoxy) is 2. The molecule has 0 aliphatic heterocycles. The van der Waals surface area contributed by atoms with E-state index in [2.05, 4.69) is 32.0 Å². The number of hydrogen-bond donors (Lipinski definition) is 0. The molecule has 0 N–H and O–H groups in total. The van der Waals surface area contributed by atoms with Crippen LogP contribution in [-0.4, -0.2) is 18.5 Å². The number of carbonyl (C=O) groups is 1. The lowest BCUT2D eigenvalue weighted by molar-refractivity contribution is -0.145. The molecule has 1 aromatic rings. The Kier molecular flexibility index (Phi) is 33.2. The molecule has 0 saturated carbocycles. The van der Waals surface area contributed by atoms with E-state index in [-0.39, 0.29) is 12.6 Å². The number of carbonyl (C=O) groups excluding carboxylic acids is 1. The van der Waals surface area contributed by atoms with Crippen molar-refractivity contribution in [2.45, 2.75) is 226 Å². The van der Waals surface area contributed by atoms with Gasteiger partial charge in [0, 0.05) is 17.9 Å². The number of alkyl halides is 1. The van der Waals surface area contributed by atoms with Gasteiger partial charge < -0.3 is 9.47 Å². The van der Waals surface area contributed by atoms with Crippen LogP contribution in [0.1, 0.15) is 224 Å². The maximum absolute atomic E-state index is 12.1. The Balaban J connectivity index is 2.24. The number of rotatable bonds is 37. The molecule has 3 nitrogen and oxygen atoms in total. The molecule has 1 aromatic carbocycles. The summed E-state index contributed by atoms with van der Waals surface area (Å²) in [5.41, 5.74) is 2.30. The molecule has 0 unspecified atom stereocenters. The summed E-state index contributed by atoms with van der Waals surface area (Å²) in [7, 11) is 0. The summed E-state index contributed by atoms with van der Waals surface area (Å²) >= 11 is 5.75. The van der Waals surface area contributed by atoms with Crippen molar-refractivity contribution >= 4 is 17.6 Å². The van der Waals surface area contributed by atoms with Crippen molar-refractivity contribution < 1.29 is 14.3 Å². The molecular formula is C44H79ClO3. The highest BCUT2D eigenvalue weighted by molar-refractivity contribution is 6.17. The second-order valence-electron chi connectivity index (χ2n) is 14.5. The molecule has 4 heteroatoms. The molecule has 280 valence electrons. The maximum atomic E-state index is 12.1. The van der Waals surface area contributed by atoms with Crippen molar-refractivity contribution in [2.24, 2.45) is 0 Å². The van der Waals surface area contributed by atoms with Gasteiger partial charge in [0.25, 0.3) is 0 Å². The first-order valence-corrected chi connectivity index (χ1v) is 21.7. The second-order valence-corrected chi connectivity index (χ2v) is 14.9. The molecule has 48 heavy (non-hydrogen) atoms. The molecule has 0 amide bonds. The monoisotopic (exact) mass is 691 g/mol. The lowest BCUT2D eigenvalue weighted by Crippen LogP contribution is -2.07. The molecule has 0 heterocycles. The zero-order valence-corrected chi connectivity index (χ0v) is 32.8. The Labute approximate surface area is 304 Å². The van der Waals surface area contributed by atoms with Crippen LogP contribution in [0.15, 0.2) is 18.2 Å². The molecule has 0 saturated heterocycles. The lowest BCUT2D eigenvalue weighted by Gasteiger charge is -2.14. The first-order valence-electron chi connectivity index (χ1n) is 21.2. The van der Waals surface area contributed by atoms with Crippen LogP contribution in [0.5, 0.6) is 5.75 Å². The first kappa shape index (κ1) is 44.8. The van der Waals surface area contributed by atoms with Crippen LogP contribution < -0.4 is 4.74 Å². The predicted molar refractivity (Wildman–Crippen MR) is 211 cm³/mol. The molecule has 0 aromatic heterocycles. The third-order valence-electron chi connectivity index (χ3n) is 9.86. The molecular weight excluding hydrogens is 612 g/mol. The van der Waals surface area contributed by atoms with E-state index in [1.807, 2.05) is 0 Å². The van der Waals surface area contributed by atoms with Crippen LogP contribution in [0.4, 0.5) is 0 Å². The van der Waals surface area contributed by atoms with E-state index < -0.39 is 0 Å². The molecule has 1 rings (SSSR count). The van der Waals surface area contributed by atoms with Gasteiger partial charge in [0.15, 0.2) is 0 Å². The van der Waals surface area contributed by atoms with Crippen LogP contribution in [0.3, 0.4) is 0 Å². The number of hydrogen-bond acceptors (Lipinski definition) is 3. The SMILES string of the molecule is CCCCCCCCCCCCCCCCCCOc1cc(CCCCCCCCCCCCCCC)ccc1COC(=O)CCCCl. The van der Waals surface area contributed by atoms with E-state index in [1.54, 1.807) is 0 Å². The van der Waals surface area contributed by atoms with E-state index in [0.717, 1.165) is 30.8 Å². The summed E-state index contributed by atoms with van der Waals surface area (Å²) in [5.74, 6) is 1.19. The van der Waals surface area contributed by atoms with Crippen molar-refractivity contribution in [3.8, 4) is 5.75 Å². The van der Waals surface area contributed by atoms with Gasteiger partial charge in [0.2, 0.25) is 0 Å². The zero-order valence-electron chi connectivity index (χ0n) is 32.1. The van der Waals surface area contributed by atoms with Crippen LogP contribution in [0.25, 0.3) is 0 Å². The summed E-state index contributed by atoms with van der Waals surface area (Å²) in [6.07, 6.45) is 42.0. The normalized spacial score (nSPS) is 11.3. The van der Waals surface area contributed by atoms with Gasteiger partial charge in [-0.1, -0.05) is 199 Å². The highest BCUT2D eigenvalue weighted by Gasteiger charge is 2.10. The zero-order chi connectivity index (χ0) is 34.6. The van der Waals surface area contributed by atoms with Gasteiger partial charge in [-0.05, 0) is 37.3 Å². The van der Waals surface area contributed by atoms with Crippen LogP contribution in [-0.2, 0) is 22.6 Å². The molecule has 0 radical (unpaired) electrons. The second kappa shape index (κ2) is 35.6. The minimum Gasteiger partial charge on any atom is -0.493 e. The Morgan fingerprint density at radius 3 is 1.40 bits per heavy atom. The molecule has 0 spiro atoms. The molecule has 0 aliphatic rings. The summed E-state index contributed by atoms with van der Waals surface area (Å²) < 4.78 is 11.9. The smallest absolute Gasteiger partial charge is 0.306 e. The van der Waals surface area contributed by atoms with Gasteiger partial charge in [-0.15, -0.1) is 11.6 Å². The van der Waals surface area contributed by atoms with Crippen molar-refractivity contribution in [1.82, 2.24) is 0 Å². The van der Waals surface area contributed by atoms with Crippen LogP contribution >= 0.6 is 11.6 Å². The van der Waals surface area contributed by atoms with Gasteiger partial charge in [0.1, 0.15) is 12.4 Å². The largest absolute Gasteiger partial charge is 0.493 e. The quantitative estimate of drug-likeness (QED) is 0.0396. The fraction of sp³-hybridized carbons (Fsp3) is 0.841. The van der Waals surface area contributed by atoms with E-state index >= 15 is 0 Å². The Hall–Kier alpha value is -1.22. The summed E-state index contributed by atoms with van der Waals surface area (Å²) in [4.78, 5) is 12.1. The molecule has 0 fully saturated rings. The third kappa shape index (κ3) is 28.6. The predicted octanol–water partition coefficient (Wildman–Crippen LogP) is 15.0. The number of aryl methyl sites for hydroxylation is 1. The average molecular weight is 692 g/mol. The molecule has 0 atom stereocenters. The number of halogens is 1. The number of esters is 1. The van der Waals surface area contributed by atoms with Gasteiger partial charge in [0.05, 0.1) is 6.61 Å². The standard InChI is InChI=1S/C44H79ClO3/c1-3-5-7-9-11-13-15-17-18-19-21-23-25-27-29-31-38-47-43-39-41(35-36-42(43)40-48-44(46)34-32-37-45)33-30-28-26-24-22-20-16-14-12-10-8-6-4-2/h35-36,39H,3-34,37-38,40H2,1-2H3.